The molecule has 0 saturated heterocycles. The predicted octanol–water partition coefficient (Wildman–Crippen LogP) is 3.81. The molecule has 0 bridgehead atoms. The van der Waals surface area contributed by atoms with Crippen molar-refractivity contribution >= 4 is 47.6 Å². The highest BCUT2D eigenvalue weighted by Crippen LogP contribution is 2.28. The van der Waals surface area contributed by atoms with Crippen molar-refractivity contribution in [2.75, 3.05) is 25.9 Å². The molecule has 2 atom stereocenters. The molecule has 2 N–H and O–H groups in total. The summed E-state index contributed by atoms with van der Waals surface area (Å²) in [4.78, 5) is 19.3. The number of fused-ring (bicyclic) bond motifs is 1. The Kier molecular flexibility index (Phi) is 10.6. The Hall–Kier alpha value is -0.960. The number of carbonyl (C=O) groups excluding carboxylic acids is 1. The molecule has 2 aliphatic rings. The summed E-state index contributed by atoms with van der Waals surface area (Å²) in [5.41, 5.74) is 2.67. The van der Waals surface area contributed by atoms with Gasteiger partial charge in [-0.2, -0.15) is 11.8 Å². The van der Waals surface area contributed by atoms with Gasteiger partial charge in [-0.05, 0) is 56.4 Å². The Morgan fingerprint density at radius 3 is 2.79 bits per heavy atom. The van der Waals surface area contributed by atoms with E-state index in [-0.39, 0.29) is 29.9 Å². The highest BCUT2D eigenvalue weighted by Gasteiger charge is 2.24. The molecule has 1 amide bonds. The van der Waals surface area contributed by atoms with E-state index in [9.17, 15) is 4.79 Å². The number of amides is 1. The van der Waals surface area contributed by atoms with Gasteiger partial charge in [0.05, 0.1) is 0 Å². The van der Waals surface area contributed by atoms with Crippen LogP contribution in [0.5, 0.6) is 0 Å². The lowest BCUT2D eigenvalue weighted by atomic mass is 9.99. The van der Waals surface area contributed by atoms with Crippen LogP contribution in [0, 0.1) is 0 Å². The minimum absolute atomic E-state index is 0. The van der Waals surface area contributed by atoms with Gasteiger partial charge in [0.15, 0.2) is 5.96 Å². The minimum Gasteiger partial charge on any atom is -0.357 e. The topological polar surface area (TPSA) is 56.7 Å². The minimum atomic E-state index is 0. The van der Waals surface area contributed by atoms with Crippen LogP contribution in [0.4, 0.5) is 0 Å². The standard InChI is InChI=1S/C22H34N4OS.HI/c1-3-23-22(25-19-10-11-20(15-19)28-2)24-13-6-9-21(27)26-14-12-17-7-4-5-8-18(17)16-26;/h4-5,7-8,19-20H,3,6,9-16H2,1-2H3,(H2,23,24,25);1H. The van der Waals surface area contributed by atoms with Crippen LogP contribution < -0.4 is 10.6 Å². The molecule has 7 heteroatoms. The van der Waals surface area contributed by atoms with Crippen molar-refractivity contribution in [3.05, 3.63) is 35.4 Å². The maximum atomic E-state index is 12.6. The van der Waals surface area contributed by atoms with Gasteiger partial charge in [0.25, 0.3) is 0 Å². The molecule has 29 heavy (non-hydrogen) atoms. The van der Waals surface area contributed by atoms with E-state index in [0.717, 1.165) is 43.7 Å². The first-order valence-electron chi connectivity index (χ1n) is 10.6. The number of nitrogens with zero attached hydrogens (tertiary/aromatic N) is 2. The molecule has 0 aromatic heterocycles. The molecule has 0 spiro atoms. The number of carbonyl (C=O) groups is 1. The third-order valence-electron chi connectivity index (χ3n) is 5.70. The summed E-state index contributed by atoms with van der Waals surface area (Å²) in [6.07, 6.45) is 8.24. The fourth-order valence-electron chi connectivity index (χ4n) is 4.09. The monoisotopic (exact) mass is 530 g/mol. The molecule has 1 saturated carbocycles. The second kappa shape index (κ2) is 12.7. The van der Waals surface area contributed by atoms with Crippen LogP contribution in [-0.4, -0.2) is 53.9 Å². The molecule has 1 heterocycles. The molecule has 5 nitrogen and oxygen atoms in total. The Bertz CT molecular complexity index is 685. The Morgan fingerprint density at radius 1 is 1.28 bits per heavy atom. The van der Waals surface area contributed by atoms with Crippen molar-refractivity contribution in [3.63, 3.8) is 0 Å². The van der Waals surface area contributed by atoms with Gasteiger partial charge in [0.2, 0.25) is 5.91 Å². The Labute approximate surface area is 196 Å². The number of nitrogens with one attached hydrogen (secondary N) is 2. The summed E-state index contributed by atoms with van der Waals surface area (Å²) in [6, 6.07) is 8.97. The number of aliphatic imine (C=N–C) groups is 1. The molecule has 1 aromatic carbocycles. The molecular formula is C22H35IN4OS. The number of halogens is 1. The second-order valence-corrected chi connectivity index (χ2v) is 8.85. The quantitative estimate of drug-likeness (QED) is 0.244. The maximum absolute atomic E-state index is 12.6. The highest BCUT2D eigenvalue weighted by atomic mass is 127. The summed E-state index contributed by atoms with van der Waals surface area (Å²) < 4.78 is 0. The normalized spacial score (nSPS) is 21.3. The third-order valence-corrected chi connectivity index (χ3v) is 6.80. The number of thioether (sulfide) groups is 1. The molecule has 1 aromatic rings. The molecule has 0 radical (unpaired) electrons. The van der Waals surface area contributed by atoms with E-state index in [1.54, 1.807) is 0 Å². The summed E-state index contributed by atoms with van der Waals surface area (Å²) in [6.45, 7) is 5.22. The first kappa shape index (κ1) is 24.3. The van der Waals surface area contributed by atoms with E-state index in [1.165, 1.54) is 30.4 Å². The van der Waals surface area contributed by atoms with Crippen LogP contribution in [0.1, 0.15) is 50.2 Å². The van der Waals surface area contributed by atoms with Crippen molar-refractivity contribution < 1.29 is 4.79 Å². The predicted molar refractivity (Wildman–Crippen MR) is 134 cm³/mol. The lowest BCUT2D eigenvalue weighted by molar-refractivity contribution is -0.132. The van der Waals surface area contributed by atoms with Gasteiger partial charge < -0.3 is 15.5 Å². The van der Waals surface area contributed by atoms with Gasteiger partial charge >= 0.3 is 0 Å². The number of guanidine groups is 1. The van der Waals surface area contributed by atoms with Gasteiger partial charge in [-0.1, -0.05) is 24.3 Å². The summed E-state index contributed by atoms with van der Waals surface area (Å²) in [7, 11) is 0. The van der Waals surface area contributed by atoms with Crippen molar-refractivity contribution in [1.29, 1.82) is 0 Å². The first-order valence-corrected chi connectivity index (χ1v) is 11.9. The van der Waals surface area contributed by atoms with Crippen molar-refractivity contribution in [2.45, 2.75) is 63.3 Å². The summed E-state index contributed by atoms with van der Waals surface area (Å²) in [5.74, 6) is 1.15. The number of benzene rings is 1. The van der Waals surface area contributed by atoms with Gasteiger partial charge in [0, 0.05) is 43.9 Å². The molecule has 1 aliphatic carbocycles. The van der Waals surface area contributed by atoms with E-state index < -0.39 is 0 Å². The Balaban J connectivity index is 0.00000300. The maximum Gasteiger partial charge on any atom is 0.222 e. The summed E-state index contributed by atoms with van der Waals surface area (Å²) >= 11 is 1.97. The molecular weight excluding hydrogens is 495 g/mol. The molecule has 1 aliphatic heterocycles. The molecule has 3 rings (SSSR count). The number of hydrogen-bond acceptors (Lipinski definition) is 3. The van der Waals surface area contributed by atoms with E-state index in [2.05, 4.69) is 48.1 Å². The zero-order valence-electron chi connectivity index (χ0n) is 17.7. The fraction of sp³-hybridized carbons (Fsp3) is 0.636. The lowest BCUT2D eigenvalue weighted by Crippen LogP contribution is -2.42. The largest absolute Gasteiger partial charge is 0.357 e. The van der Waals surface area contributed by atoms with Gasteiger partial charge in [0.1, 0.15) is 0 Å². The van der Waals surface area contributed by atoms with Gasteiger partial charge in [-0.3, -0.25) is 9.79 Å². The molecule has 162 valence electrons. The average molecular weight is 531 g/mol. The van der Waals surface area contributed by atoms with Crippen molar-refractivity contribution in [3.8, 4) is 0 Å². The smallest absolute Gasteiger partial charge is 0.222 e. The zero-order chi connectivity index (χ0) is 19.8. The van der Waals surface area contributed by atoms with E-state index in [4.69, 9.17) is 4.99 Å². The van der Waals surface area contributed by atoms with E-state index in [0.29, 0.717) is 19.0 Å². The first-order chi connectivity index (χ1) is 13.7. The Morgan fingerprint density at radius 2 is 2.07 bits per heavy atom. The van der Waals surface area contributed by atoms with E-state index in [1.807, 2.05) is 16.7 Å². The van der Waals surface area contributed by atoms with Crippen molar-refractivity contribution in [2.24, 2.45) is 4.99 Å². The third kappa shape index (κ3) is 7.35. The number of rotatable bonds is 7. The SMILES string of the molecule is CCNC(=NCCCC(=O)N1CCc2ccccc2C1)NC1CCC(SC)C1.I. The van der Waals surface area contributed by atoms with E-state index >= 15 is 0 Å². The van der Waals surface area contributed by atoms with Crippen LogP contribution in [0.2, 0.25) is 0 Å². The van der Waals surface area contributed by atoms with Gasteiger partial charge in [-0.15, -0.1) is 24.0 Å². The second-order valence-electron chi connectivity index (χ2n) is 7.71. The van der Waals surface area contributed by atoms with Crippen LogP contribution in [0.25, 0.3) is 0 Å². The lowest BCUT2D eigenvalue weighted by Gasteiger charge is -2.29. The average Bonchev–Trinajstić information content (AvgIpc) is 3.18. The van der Waals surface area contributed by atoms with Gasteiger partial charge in [-0.25, -0.2) is 0 Å². The number of hydrogen-bond donors (Lipinski definition) is 2. The fourth-order valence-corrected chi connectivity index (χ4v) is 4.88. The van der Waals surface area contributed by atoms with Crippen LogP contribution in [-0.2, 0) is 17.8 Å². The molecule has 2 unspecified atom stereocenters. The highest BCUT2D eigenvalue weighted by molar-refractivity contribution is 14.0. The van der Waals surface area contributed by atoms with Crippen LogP contribution in [0.3, 0.4) is 0 Å². The molecule has 1 fully saturated rings. The van der Waals surface area contributed by atoms with Crippen LogP contribution in [0.15, 0.2) is 29.3 Å². The van der Waals surface area contributed by atoms with Crippen molar-refractivity contribution in [1.82, 2.24) is 15.5 Å². The summed E-state index contributed by atoms with van der Waals surface area (Å²) in [5, 5.41) is 7.69. The zero-order valence-corrected chi connectivity index (χ0v) is 20.8. The van der Waals surface area contributed by atoms with Crippen LogP contribution >= 0.6 is 35.7 Å².